The predicted molar refractivity (Wildman–Crippen MR) is 154 cm³/mol. The third-order valence-corrected chi connectivity index (χ3v) is 6.42. The number of aliphatic imine (C=N–C) groups is 1. The molecule has 0 saturated carbocycles. The molecule has 0 aliphatic rings. The predicted octanol–water partition coefficient (Wildman–Crippen LogP) is -0.0518. The molecule has 0 radical (unpaired) electrons. The maximum Gasteiger partial charge on any atom is 0.326 e. The van der Waals surface area contributed by atoms with Crippen LogP contribution in [0.25, 0.3) is 0 Å². The van der Waals surface area contributed by atoms with Gasteiger partial charge in [0.25, 0.3) is 0 Å². The number of nitrogens with two attached hydrogens (primary N) is 3. The van der Waals surface area contributed by atoms with E-state index in [1.807, 2.05) is 50.4 Å². The summed E-state index contributed by atoms with van der Waals surface area (Å²) in [4.78, 5) is 54.8. The molecule has 39 heavy (non-hydrogen) atoms. The topological polar surface area (TPSA) is 215 Å². The van der Waals surface area contributed by atoms with Gasteiger partial charge in [0, 0.05) is 6.54 Å². The summed E-state index contributed by atoms with van der Waals surface area (Å²) in [6.07, 6.45) is 3.21. The summed E-state index contributed by atoms with van der Waals surface area (Å²) in [6, 6.07) is 5.30. The van der Waals surface area contributed by atoms with E-state index in [1.165, 1.54) is 11.8 Å². The summed E-state index contributed by atoms with van der Waals surface area (Å²) in [6.45, 7) is 3.91. The van der Waals surface area contributed by atoms with Gasteiger partial charge in [-0.3, -0.25) is 19.4 Å². The highest BCUT2D eigenvalue weighted by molar-refractivity contribution is 7.98. The standard InChI is InChI=1S/C26H43N7O5S/c1-16(2)14-21(25(37)38)33-23(35)19(10-7-12-30-26(28)29)32-24(36)20(11-13-39-3)31-22(34)18(27)15-17-8-5-4-6-9-17/h4-6,8-9,16,18-21H,7,10-15,27H2,1-3H3,(H,31,34)(H,32,36)(H,33,35)(H,37,38)(H4,28,29,30). The Morgan fingerprint density at radius 1 is 0.923 bits per heavy atom. The van der Waals surface area contributed by atoms with E-state index < -0.39 is 47.9 Å². The number of hydrogen-bond acceptors (Lipinski definition) is 7. The molecule has 0 spiro atoms. The summed E-state index contributed by atoms with van der Waals surface area (Å²) >= 11 is 1.50. The van der Waals surface area contributed by atoms with E-state index in [0.717, 1.165) is 5.56 Å². The number of carboxylic acids is 1. The Labute approximate surface area is 234 Å². The lowest BCUT2D eigenvalue weighted by Gasteiger charge is -2.25. The highest BCUT2D eigenvalue weighted by Gasteiger charge is 2.30. The van der Waals surface area contributed by atoms with Gasteiger partial charge >= 0.3 is 5.97 Å². The molecule has 0 bridgehead atoms. The maximum atomic E-state index is 13.3. The number of nitrogens with one attached hydrogen (secondary N) is 3. The van der Waals surface area contributed by atoms with E-state index in [1.54, 1.807) is 0 Å². The first-order chi connectivity index (χ1) is 18.4. The van der Waals surface area contributed by atoms with E-state index in [0.29, 0.717) is 25.0 Å². The fourth-order valence-corrected chi connectivity index (χ4v) is 4.23. The maximum absolute atomic E-state index is 13.3. The second-order valence-corrected chi connectivity index (χ2v) is 10.7. The van der Waals surface area contributed by atoms with Gasteiger partial charge in [0.15, 0.2) is 5.96 Å². The molecule has 0 heterocycles. The van der Waals surface area contributed by atoms with Crippen LogP contribution in [0.5, 0.6) is 0 Å². The molecule has 0 aliphatic carbocycles. The van der Waals surface area contributed by atoms with Gasteiger partial charge in [-0.25, -0.2) is 4.79 Å². The molecule has 0 fully saturated rings. The quantitative estimate of drug-likeness (QED) is 0.0720. The molecule has 4 unspecified atom stereocenters. The van der Waals surface area contributed by atoms with Crippen LogP contribution in [0.15, 0.2) is 35.3 Å². The van der Waals surface area contributed by atoms with Crippen LogP contribution in [-0.2, 0) is 25.6 Å². The number of thioether (sulfide) groups is 1. The number of nitrogens with zero attached hydrogens (tertiary/aromatic N) is 1. The van der Waals surface area contributed by atoms with Crippen LogP contribution in [0.1, 0.15) is 45.1 Å². The van der Waals surface area contributed by atoms with Gasteiger partial charge in [0.1, 0.15) is 18.1 Å². The molecule has 1 aromatic rings. The van der Waals surface area contributed by atoms with Gasteiger partial charge in [-0.1, -0.05) is 44.2 Å². The van der Waals surface area contributed by atoms with Gasteiger partial charge in [0.05, 0.1) is 6.04 Å². The second kappa shape index (κ2) is 18.1. The molecule has 0 aliphatic heterocycles. The number of hydrogen-bond donors (Lipinski definition) is 7. The van der Waals surface area contributed by atoms with Crippen molar-refractivity contribution in [1.29, 1.82) is 0 Å². The lowest BCUT2D eigenvalue weighted by Crippen LogP contribution is -2.57. The van der Waals surface area contributed by atoms with E-state index in [9.17, 15) is 24.3 Å². The van der Waals surface area contributed by atoms with Crippen molar-refractivity contribution >= 4 is 41.4 Å². The Bertz CT molecular complexity index is 957. The zero-order valence-electron chi connectivity index (χ0n) is 22.9. The molecule has 0 aromatic heterocycles. The van der Waals surface area contributed by atoms with E-state index in [-0.39, 0.29) is 31.3 Å². The van der Waals surface area contributed by atoms with Crippen molar-refractivity contribution in [3.8, 4) is 0 Å². The van der Waals surface area contributed by atoms with Crippen molar-refractivity contribution in [2.45, 2.75) is 70.1 Å². The number of guanidine groups is 1. The fourth-order valence-electron chi connectivity index (χ4n) is 3.75. The third kappa shape index (κ3) is 13.9. The molecule has 1 aromatic carbocycles. The summed E-state index contributed by atoms with van der Waals surface area (Å²) in [5.41, 5.74) is 17.7. The molecule has 10 N–H and O–H groups in total. The number of carboxylic acid groups (broad SMARTS) is 1. The van der Waals surface area contributed by atoms with Crippen LogP contribution in [0.3, 0.4) is 0 Å². The highest BCUT2D eigenvalue weighted by Crippen LogP contribution is 2.09. The number of amides is 3. The smallest absolute Gasteiger partial charge is 0.326 e. The highest BCUT2D eigenvalue weighted by atomic mass is 32.2. The van der Waals surface area contributed by atoms with Crippen LogP contribution < -0.4 is 33.2 Å². The molecular weight excluding hydrogens is 522 g/mol. The normalized spacial score (nSPS) is 14.0. The molecule has 12 nitrogen and oxygen atoms in total. The summed E-state index contributed by atoms with van der Waals surface area (Å²) < 4.78 is 0. The molecule has 218 valence electrons. The molecule has 0 saturated heterocycles. The Hall–Kier alpha value is -3.32. The molecular formula is C26H43N7O5S. The monoisotopic (exact) mass is 565 g/mol. The minimum Gasteiger partial charge on any atom is -0.480 e. The number of benzene rings is 1. The minimum absolute atomic E-state index is 0.0209. The van der Waals surface area contributed by atoms with Gasteiger partial charge in [-0.2, -0.15) is 11.8 Å². The van der Waals surface area contributed by atoms with Gasteiger partial charge in [-0.05, 0) is 55.6 Å². The van der Waals surface area contributed by atoms with Gasteiger partial charge < -0.3 is 38.3 Å². The molecule has 3 amide bonds. The Kier molecular flexibility index (Phi) is 15.6. The summed E-state index contributed by atoms with van der Waals surface area (Å²) in [5.74, 6) is -2.37. The molecule has 1 rings (SSSR count). The van der Waals surface area contributed by atoms with E-state index in [4.69, 9.17) is 17.2 Å². The van der Waals surface area contributed by atoms with Crippen LogP contribution in [0, 0.1) is 5.92 Å². The third-order valence-electron chi connectivity index (χ3n) is 5.78. The van der Waals surface area contributed by atoms with Crippen molar-refractivity contribution in [3.05, 3.63) is 35.9 Å². The van der Waals surface area contributed by atoms with Crippen LogP contribution in [0.2, 0.25) is 0 Å². The van der Waals surface area contributed by atoms with Crippen molar-refractivity contribution in [3.63, 3.8) is 0 Å². The number of carbonyl (C=O) groups excluding carboxylic acids is 3. The van der Waals surface area contributed by atoms with Crippen molar-refractivity contribution in [2.24, 2.45) is 28.1 Å². The lowest BCUT2D eigenvalue weighted by atomic mass is 10.0. The largest absolute Gasteiger partial charge is 0.480 e. The zero-order valence-corrected chi connectivity index (χ0v) is 23.7. The average molecular weight is 566 g/mol. The fraction of sp³-hybridized carbons (Fsp3) is 0.577. The van der Waals surface area contributed by atoms with Crippen LogP contribution >= 0.6 is 11.8 Å². The SMILES string of the molecule is CSCCC(NC(=O)C(N)Cc1ccccc1)C(=O)NC(CCCN=C(N)N)C(=O)NC(CC(C)C)C(=O)O. The van der Waals surface area contributed by atoms with E-state index in [2.05, 4.69) is 20.9 Å². The molecule has 4 atom stereocenters. The first-order valence-corrected chi connectivity index (χ1v) is 14.3. The first kappa shape index (κ1) is 33.7. The number of rotatable bonds is 18. The van der Waals surface area contributed by atoms with Crippen molar-refractivity contribution in [2.75, 3.05) is 18.6 Å². The first-order valence-electron chi connectivity index (χ1n) is 12.9. The summed E-state index contributed by atoms with van der Waals surface area (Å²) in [5, 5.41) is 17.5. The summed E-state index contributed by atoms with van der Waals surface area (Å²) in [7, 11) is 0. The lowest BCUT2D eigenvalue weighted by molar-refractivity contribution is -0.142. The van der Waals surface area contributed by atoms with Crippen molar-refractivity contribution < 1.29 is 24.3 Å². The Balaban J connectivity index is 3.00. The number of aliphatic carboxylic acids is 1. The van der Waals surface area contributed by atoms with Crippen LogP contribution in [0.4, 0.5) is 0 Å². The van der Waals surface area contributed by atoms with Gasteiger partial charge in [0.2, 0.25) is 17.7 Å². The Morgan fingerprint density at radius 3 is 2.03 bits per heavy atom. The Morgan fingerprint density at radius 2 is 1.49 bits per heavy atom. The number of carbonyl (C=O) groups is 4. The van der Waals surface area contributed by atoms with Crippen LogP contribution in [-0.4, -0.2) is 77.5 Å². The van der Waals surface area contributed by atoms with E-state index >= 15 is 0 Å². The average Bonchev–Trinajstić information content (AvgIpc) is 2.87. The second-order valence-electron chi connectivity index (χ2n) is 9.68. The zero-order chi connectivity index (χ0) is 29.4. The minimum atomic E-state index is -1.17. The van der Waals surface area contributed by atoms with Crippen molar-refractivity contribution in [1.82, 2.24) is 16.0 Å². The molecule has 13 heteroatoms. The van der Waals surface area contributed by atoms with Gasteiger partial charge in [-0.15, -0.1) is 0 Å².